The van der Waals surface area contributed by atoms with E-state index in [1.807, 2.05) is 0 Å². The third kappa shape index (κ3) is 1.71. The molecule has 4 saturated carbocycles. The predicted octanol–water partition coefficient (Wildman–Crippen LogP) is 4.78. The van der Waals surface area contributed by atoms with Crippen LogP contribution in [0.4, 0.5) is 0 Å². The molecular weight excluding hydrogens is 244 g/mol. The first-order chi connectivity index (χ1) is 9.70. The topological polar surface area (TPSA) is 20.2 Å². The molecule has 6 atom stereocenters. The van der Waals surface area contributed by atoms with E-state index in [1.165, 1.54) is 70.6 Å². The lowest BCUT2D eigenvalue weighted by molar-refractivity contribution is -0.117. The Balaban J connectivity index is 1.64. The van der Waals surface area contributed by atoms with Gasteiger partial charge < -0.3 is 5.11 Å². The SMILES string of the molecule is C[C@]12CCCC[C@H]1CC[C@H]1[C@H]3CCC[C@@]3(CO)CC[C@@H]12. The van der Waals surface area contributed by atoms with Crippen molar-refractivity contribution < 1.29 is 5.11 Å². The molecule has 4 rings (SSSR count). The highest BCUT2D eigenvalue weighted by Crippen LogP contribution is 2.66. The van der Waals surface area contributed by atoms with Crippen LogP contribution >= 0.6 is 0 Å². The Labute approximate surface area is 124 Å². The van der Waals surface area contributed by atoms with Crippen LogP contribution in [0.25, 0.3) is 0 Å². The first-order valence-corrected chi connectivity index (χ1v) is 9.30. The molecule has 114 valence electrons. The second-order valence-corrected chi connectivity index (χ2v) is 8.85. The Kier molecular flexibility index (Phi) is 3.22. The van der Waals surface area contributed by atoms with Crippen molar-refractivity contribution in [3.8, 4) is 0 Å². The van der Waals surface area contributed by atoms with Crippen molar-refractivity contribution in [2.45, 2.75) is 77.6 Å². The molecule has 4 fully saturated rings. The fourth-order valence-electron chi connectivity index (χ4n) is 7.36. The van der Waals surface area contributed by atoms with E-state index in [9.17, 15) is 5.11 Å². The molecule has 0 radical (unpaired) electrons. The summed E-state index contributed by atoms with van der Waals surface area (Å²) in [6, 6.07) is 0. The number of aliphatic hydroxyl groups excluding tert-OH is 1. The van der Waals surface area contributed by atoms with Crippen molar-refractivity contribution in [1.82, 2.24) is 0 Å². The average molecular weight is 276 g/mol. The fourth-order valence-corrected chi connectivity index (χ4v) is 7.36. The standard InChI is InChI=1S/C19H32O/c1-18-10-3-2-5-14(18)7-8-15-16(18)9-12-19(13-20)11-4-6-17(15)19/h14-17,20H,2-13H2,1H3/t14-,15+,16-,17+,18-,19-/m0/s1. The van der Waals surface area contributed by atoms with Gasteiger partial charge in [0.25, 0.3) is 0 Å². The minimum Gasteiger partial charge on any atom is -0.396 e. The zero-order valence-corrected chi connectivity index (χ0v) is 13.2. The van der Waals surface area contributed by atoms with E-state index < -0.39 is 0 Å². The van der Waals surface area contributed by atoms with E-state index >= 15 is 0 Å². The molecule has 0 aliphatic heterocycles. The summed E-state index contributed by atoms with van der Waals surface area (Å²) in [6.45, 7) is 3.12. The van der Waals surface area contributed by atoms with Crippen LogP contribution in [0.2, 0.25) is 0 Å². The van der Waals surface area contributed by atoms with Gasteiger partial charge in [-0.15, -0.1) is 0 Å². The Morgan fingerprint density at radius 1 is 0.850 bits per heavy atom. The van der Waals surface area contributed by atoms with E-state index in [0.717, 1.165) is 23.7 Å². The Morgan fingerprint density at radius 2 is 1.75 bits per heavy atom. The minimum absolute atomic E-state index is 0.346. The van der Waals surface area contributed by atoms with Crippen LogP contribution in [-0.4, -0.2) is 11.7 Å². The van der Waals surface area contributed by atoms with Gasteiger partial charge in [0.2, 0.25) is 0 Å². The zero-order chi connectivity index (χ0) is 13.8. The summed E-state index contributed by atoms with van der Waals surface area (Å²) in [5.41, 5.74) is 1.00. The second-order valence-electron chi connectivity index (χ2n) is 8.85. The van der Waals surface area contributed by atoms with Crippen molar-refractivity contribution in [3.05, 3.63) is 0 Å². The molecule has 1 heteroatoms. The van der Waals surface area contributed by atoms with Gasteiger partial charge in [-0.25, -0.2) is 0 Å². The highest BCUT2D eigenvalue weighted by Gasteiger charge is 2.58. The summed E-state index contributed by atoms with van der Waals surface area (Å²) < 4.78 is 0. The Morgan fingerprint density at radius 3 is 2.60 bits per heavy atom. The predicted molar refractivity (Wildman–Crippen MR) is 82.4 cm³/mol. The summed E-state index contributed by atoms with van der Waals surface area (Å²) >= 11 is 0. The molecular formula is C19H32O. The molecule has 0 amide bonds. The van der Waals surface area contributed by atoms with Gasteiger partial charge >= 0.3 is 0 Å². The van der Waals surface area contributed by atoms with Gasteiger partial charge in [-0.3, -0.25) is 0 Å². The van der Waals surface area contributed by atoms with Crippen LogP contribution in [0.1, 0.15) is 77.6 Å². The van der Waals surface area contributed by atoms with Crippen LogP contribution in [0.3, 0.4) is 0 Å². The summed E-state index contributed by atoms with van der Waals surface area (Å²) in [7, 11) is 0. The summed E-state index contributed by atoms with van der Waals surface area (Å²) in [6.07, 6.45) is 15.8. The number of aliphatic hydroxyl groups is 1. The molecule has 1 nitrogen and oxygen atoms in total. The number of rotatable bonds is 1. The van der Waals surface area contributed by atoms with Crippen molar-refractivity contribution in [2.24, 2.45) is 34.5 Å². The highest BCUT2D eigenvalue weighted by molar-refractivity contribution is 5.07. The van der Waals surface area contributed by atoms with Gasteiger partial charge in [0.1, 0.15) is 0 Å². The third-order valence-electron chi connectivity index (χ3n) is 8.42. The van der Waals surface area contributed by atoms with Crippen LogP contribution < -0.4 is 0 Å². The van der Waals surface area contributed by atoms with Crippen molar-refractivity contribution >= 4 is 0 Å². The summed E-state index contributed by atoms with van der Waals surface area (Å²) in [4.78, 5) is 0. The molecule has 0 unspecified atom stereocenters. The average Bonchev–Trinajstić information content (AvgIpc) is 2.91. The quantitative estimate of drug-likeness (QED) is 0.730. The number of hydrogen-bond donors (Lipinski definition) is 1. The lowest BCUT2D eigenvalue weighted by atomic mass is 9.45. The Hall–Kier alpha value is -0.0400. The molecule has 4 aliphatic carbocycles. The lowest BCUT2D eigenvalue weighted by Gasteiger charge is -2.60. The van der Waals surface area contributed by atoms with Crippen LogP contribution in [0.5, 0.6) is 0 Å². The minimum atomic E-state index is 0.346. The third-order valence-corrected chi connectivity index (χ3v) is 8.42. The first-order valence-electron chi connectivity index (χ1n) is 9.30. The maximum atomic E-state index is 10.0. The molecule has 0 aromatic rings. The van der Waals surface area contributed by atoms with Crippen LogP contribution in [0.15, 0.2) is 0 Å². The van der Waals surface area contributed by atoms with Crippen molar-refractivity contribution in [1.29, 1.82) is 0 Å². The van der Waals surface area contributed by atoms with Crippen molar-refractivity contribution in [2.75, 3.05) is 6.61 Å². The number of fused-ring (bicyclic) bond motifs is 5. The normalized spacial score (nSPS) is 54.9. The number of hydrogen-bond acceptors (Lipinski definition) is 1. The van der Waals surface area contributed by atoms with Gasteiger partial charge in [0.05, 0.1) is 0 Å². The molecule has 0 bridgehead atoms. The van der Waals surface area contributed by atoms with E-state index in [-0.39, 0.29) is 0 Å². The molecule has 0 heterocycles. The van der Waals surface area contributed by atoms with E-state index in [2.05, 4.69) is 6.92 Å². The van der Waals surface area contributed by atoms with Gasteiger partial charge in [0.15, 0.2) is 0 Å². The molecule has 0 spiro atoms. The molecule has 0 saturated heterocycles. The maximum absolute atomic E-state index is 10.0. The maximum Gasteiger partial charge on any atom is 0.0490 e. The molecule has 1 N–H and O–H groups in total. The van der Waals surface area contributed by atoms with E-state index in [4.69, 9.17) is 0 Å². The summed E-state index contributed by atoms with van der Waals surface area (Å²) in [5.74, 6) is 3.84. The smallest absolute Gasteiger partial charge is 0.0490 e. The fraction of sp³-hybridized carbons (Fsp3) is 1.00. The zero-order valence-electron chi connectivity index (χ0n) is 13.2. The lowest BCUT2D eigenvalue weighted by Crippen LogP contribution is -2.53. The van der Waals surface area contributed by atoms with Gasteiger partial charge in [-0.05, 0) is 85.9 Å². The molecule has 20 heavy (non-hydrogen) atoms. The first kappa shape index (κ1) is 13.6. The second kappa shape index (κ2) is 4.73. The largest absolute Gasteiger partial charge is 0.396 e. The van der Waals surface area contributed by atoms with Crippen LogP contribution in [0, 0.1) is 34.5 Å². The monoisotopic (exact) mass is 276 g/mol. The highest BCUT2D eigenvalue weighted by atomic mass is 16.3. The van der Waals surface area contributed by atoms with Gasteiger partial charge in [-0.1, -0.05) is 26.2 Å². The summed E-state index contributed by atoms with van der Waals surface area (Å²) in [5, 5.41) is 10.0. The van der Waals surface area contributed by atoms with E-state index in [1.54, 1.807) is 0 Å². The van der Waals surface area contributed by atoms with Crippen molar-refractivity contribution in [3.63, 3.8) is 0 Å². The molecule has 0 aromatic carbocycles. The molecule has 0 aromatic heterocycles. The Bertz CT molecular complexity index is 378. The van der Waals surface area contributed by atoms with Gasteiger partial charge in [0, 0.05) is 6.61 Å². The van der Waals surface area contributed by atoms with E-state index in [0.29, 0.717) is 17.4 Å². The van der Waals surface area contributed by atoms with Gasteiger partial charge in [-0.2, -0.15) is 0 Å². The molecule has 4 aliphatic rings. The van der Waals surface area contributed by atoms with Crippen LogP contribution in [-0.2, 0) is 0 Å².